The van der Waals surface area contributed by atoms with Crippen LogP contribution in [0.1, 0.15) is 29.2 Å². The molecule has 0 atom stereocenters. The molecule has 0 saturated carbocycles. The minimum absolute atomic E-state index is 0.281. The quantitative estimate of drug-likeness (QED) is 0.652. The summed E-state index contributed by atoms with van der Waals surface area (Å²) < 4.78 is 5.40. The molecule has 3 aromatic rings. The number of hydrogen-bond acceptors (Lipinski definition) is 3. The third kappa shape index (κ3) is 3.57. The lowest BCUT2D eigenvalue weighted by Gasteiger charge is -2.21. The first-order chi connectivity index (χ1) is 11.6. The molecule has 0 N–H and O–H groups in total. The molecule has 124 valence electrons. The van der Waals surface area contributed by atoms with E-state index in [4.69, 9.17) is 4.42 Å². The van der Waals surface area contributed by atoms with Crippen LogP contribution in [0.4, 0.5) is 0 Å². The standard InChI is InChI=1S/C21H23NO2/c1-4-22(13-17-8-6-5-7-9-17)14-18-12-21(23)24-20-11-16(3)15(2)10-19(18)20/h5-12H,4,13-14H2,1-3H3. The molecule has 0 fully saturated rings. The third-order valence-corrected chi connectivity index (χ3v) is 4.53. The van der Waals surface area contributed by atoms with Gasteiger partial charge in [0.2, 0.25) is 0 Å². The van der Waals surface area contributed by atoms with Gasteiger partial charge < -0.3 is 4.42 Å². The lowest BCUT2D eigenvalue weighted by Crippen LogP contribution is -2.23. The molecule has 0 bridgehead atoms. The highest BCUT2D eigenvalue weighted by Crippen LogP contribution is 2.23. The number of hydrogen-bond donors (Lipinski definition) is 0. The van der Waals surface area contributed by atoms with Gasteiger partial charge in [-0.25, -0.2) is 4.79 Å². The molecule has 2 aromatic carbocycles. The molecule has 0 radical (unpaired) electrons. The van der Waals surface area contributed by atoms with E-state index in [1.165, 1.54) is 11.1 Å². The smallest absolute Gasteiger partial charge is 0.336 e. The zero-order valence-corrected chi connectivity index (χ0v) is 14.5. The first-order valence-electron chi connectivity index (χ1n) is 8.37. The summed E-state index contributed by atoms with van der Waals surface area (Å²) in [5.41, 5.74) is 5.05. The number of rotatable bonds is 5. The number of nitrogens with zero attached hydrogens (tertiary/aromatic N) is 1. The van der Waals surface area contributed by atoms with E-state index < -0.39 is 0 Å². The summed E-state index contributed by atoms with van der Waals surface area (Å²) in [5, 5.41) is 1.03. The van der Waals surface area contributed by atoms with Gasteiger partial charge in [-0.3, -0.25) is 4.90 Å². The van der Waals surface area contributed by atoms with Gasteiger partial charge in [-0.2, -0.15) is 0 Å². The van der Waals surface area contributed by atoms with Crippen molar-refractivity contribution < 1.29 is 4.42 Å². The molecule has 0 aliphatic carbocycles. The third-order valence-electron chi connectivity index (χ3n) is 4.53. The van der Waals surface area contributed by atoms with E-state index in [1.807, 2.05) is 19.1 Å². The molecule has 1 aromatic heterocycles. The second kappa shape index (κ2) is 7.02. The second-order valence-electron chi connectivity index (χ2n) is 6.31. The largest absolute Gasteiger partial charge is 0.423 e. The van der Waals surface area contributed by atoms with Crippen LogP contribution in [0.3, 0.4) is 0 Å². The Morgan fingerprint density at radius 1 is 0.958 bits per heavy atom. The summed E-state index contributed by atoms with van der Waals surface area (Å²) in [6.07, 6.45) is 0. The van der Waals surface area contributed by atoms with Gasteiger partial charge in [0, 0.05) is 24.5 Å². The second-order valence-corrected chi connectivity index (χ2v) is 6.31. The molecular formula is C21H23NO2. The Morgan fingerprint density at radius 3 is 2.38 bits per heavy atom. The van der Waals surface area contributed by atoms with E-state index in [2.05, 4.69) is 49.1 Å². The predicted octanol–water partition coefficient (Wildman–Crippen LogP) is 4.43. The van der Waals surface area contributed by atoms with Crippen LogP contribution in [0.25, 0.3) is 11.0 Å². The van der Waals surface area contributed by atoms with Gasteiger partial charge in [0.15, 0.2) is 0 Å². The Hall–Kier alpha value is -2.39. The fourth-order valence-corrected chi connectivity index (χ4v) is 2.98. The Balaban J connectivity index is 1.96. The van der Waals surface area contributed by atoms with Gasteiger partial charge >= 0.3 is 5.63 Å². The molecule has 0 spiro atoms. The normalized spacial score (nSPS) is 11.3. The number of fused-ring (bicyclic) bond motifs is 1. The van der Waals surface area contributed by atoms with Gasteiger partial charge in [-0.05, 0) is 54.8 Å². The van der Waals surface area contributed by atoms with Crippen LogP contribution in [-0.2, 0) is 13.1 Å². The molecule has 3 rings (SSSR count). The van der Waals surface area contributed by atoms with Crippen molar-refractivity contribution in [2.24, 2.45) is 0 Å². The van der Waals surface area contributed by atoms with Crippen LogP contribution in [0.5, 0.6) is 0 Å². The fourth-order valence-electron chi connectivity index (χ4n) is 2.98. The topological polar surface area (TPSA) is 33.5 Å². The lowest BCUT2D eigenvalue weighted by atomic mass is 10.0. The average molecular weight is 321 g/mol. The first-order valence-corrected chi connectivity index (χ1v) is 8.37. The molecule has 0 saturated heterocycles. The first kappa shape index (κ1) is 16.5. The Labute approximate surface area is 142 Å². The predicted molar refractivity (Wildman–Crippen MR) is 98.2 cm³/mol. The van der Waals surface area contributed by atoms with Crippen LogP contribution < -0.4 is 5.63 Å². The molecule has 3 nitrogen and oxygen atoms in total. The Bertz CT molecular complexity index is 897. The Morgan fingerprint density at radius 2 is 1.67 bits per heavy atom. The van der Waals surface area contributed by atoms with Crippen LogP contribution >= 0.6 is 0 Å². The van der Waals surface area contributed by atoms with Crippen molar-refractivity contribution in [1.29, 1.82) is 0 Å². The Kier molecular flexibility index (Phi) is 4.81. The van der Waals surface area contributed by atoms with Gasteiger partial charge in [-0.1, -0.05) is 37.3 Å². The minimum Gasteiger partial charge on any atom is -0.423 e. The van der Waals surface area contributed by atoms with Crippen LogP contribution in [-0.4, -0.2) is 11.4 Å². The van der Waals surface area contributed by atoms with Crippen LogP contribution in [0.2, 0.25) is 0 Å². The van der Waals surface area contributed by atoms with E-state index in [0.717, 1.165) is 36.1 Å². The molecule has 3 heteroatoms. The highest BCUT2D eigenvalue weighted by molar-refractivity contribution is 5.81. The summed E-state index contributed by atoms with van der Waals surface area (Å²) in [6, 6.07) is 16.1. The van der Waals surface area contributed by atoms with Crippen LogP contribution in [0, 0.1) is 13.8 Å². The SMILES string of the molecule is CCN(Cc1ccccc1)Cc1cc(=O)oc2cc(C)c(C)cc12. The fraction of sp³-hybridized carbons (Fsp3) is 0.286. The van der Waals surface area contributed by atoms with Crippen molar-refractivity contribution >= 4 is 11.0 Å². The van der Waals surface area contributed by atoms with E-state index in [9.17, 15) is 4.79 Å². The molecule has 1 heterocycles. The monoisotopic (exact) mass is 321 g/mol. The highest BCUT2D eigenvalue weighted by Gasteiger charge is 2.11. The molecule has 0 amide bonds. The van der Waals surface area contributed by atoms with Crippen LogP contribution in [0.15, 0.2) is 57.7 Å². The highest BCUT2D eigenvalue weighted by atomic mass is 16.4. The number of benzene rings is 2. The van der Waals surface area contributed by atoms with E-state index in [0.29, 0.717) is 5.58 Å². The van der Waals surface area contributed by atoms with Crippen molar-refractivity contribution in [2.45, 2.75) is 33.9 Å². The van der Waals surface area contributed by atoms with Gasteiger partial charge in [-0.15, -0.1) is 0 Å². The summed E-state index contributed by atoms with van der Waals surface area (Å²) in [7, 11) is 0. The summed E-state index contributed by atoms with van der Waals surface area (Å²) in [4.78, 5) is 14.3. The maximum Gasteiger partial charge on any atom is 0.336 e. The molecule has 0 unspecified atom stereocenters. The molecular weight excluding hydrogens is 298 g/mol. The van der Waals surface area contributed by atoms with Crippen molar-refractivity contribution in [2.75, 3.05) is 6.54 Å². The zero-order chi connectivity index (χ0) is 17.1. The maximum absolute atomic E-state index is 11.9. The van der Waals surface area contributed by atoms with Gasteiger partial charge in [0.25, 0.3) is 0 Å². The lowest BCUT2D eigenvalue weighted by molar-refractivity contribution is 0.272. The maximum atomic E-state index is 11.9. The van der Waals surface area contributed by atoms with Crippen molar-refractivity contribution in [3.63, 3.8) is 0 Å². The van der Waals surface area contributed by atoms with Crippen molar-refractivity contribution in [1.82, 2.24) is 4.90 Å². The molecule has 24 heavy (non-hydrogen) atoms. The van der Waals surface area contributed by atoms with Gasteiger partial charge in [0.1, 0.15) is 5.58 Å². The van der Waals surface area contributed by atoms with E-state index >= 15 is 0 Å². The summed E-state index contributed by atoms with van der Waals surface area (Å²) in [5.74, 6) is 0. The minimum atomic E-state index is -0.281. The number of aryl methyl sites for hydroxylation is 2. The van der Waals surface area contributed by atoms with E-state index in [-0.39, 0.29) is 5.63 Å². The van der Waals surface area contributed by atoms with Crippen molar-refractivity contribution in [3.05, 3.63) is 81.2 Å². The average Bonchev–Trinajstić information content (AvgIpc) is 2.57. The zero-order valence-electron chi connectivity index (χ0n) is 14.5. The van der Waals surface area contributed by atoms with Crippen molar-refractivity contribution in [3.8, 4) is 0 Å². The molecule has 0 aliphatic rings. The summed E-state index contributed by atoms with van der Waals surface area (Å²) >= 11 is 0. The van der Waals surface area contributed by atoms with Gasteiger partial charge in [0.05, 0.1) is 0 Å². The summed E-state index contributed by atoms with van der Waals surface area (Å²) in [6.45, 7) is 8.79. The molecule has 0 aliphatic heterocycles. The van der Waals surface area contributed by atoms with E-state index in [1.54, 1.807) is 6.07 Å².